The number of nitrogens with zero attached hydrogens (tertiary/aromatic N) is 3. The van der Waals surface area contributed by atoms with Gasteiger partial charge < -0.3 is 15.4 Å². The Morgan fingerprint density at radius 2 is 2.12 bits per heavy atom. The molecule has 1 heterocycles. The first-order valence-electron chi connectivity index (χ1n) is 9.28. The van der Waals surface area contributed by atoms with E-state index in [4.69, 9.17) is 4.74 Å². The van der Waals surface area contributed by atoms with Crippen LogP contribution in [0.15, 0.2) is 47.7 Å². The Bertz CT molecular complexity index is 707. The molecular weight excluding hydrogens is 326 g/mol. The van der Waals surface area contributed by atoms with Crippen molar-refractivity contribution in [3.63, 3.8) is 0 Å². The summed E-state index contributed by atoms with van der Waals surface area (Å²) >= 11 is 0. The highest BCUT2D eigenvalue weighted by molar-refractivity contribution is 5.79. The molecule has 0 radical (unpaired) electrons. The van der Waals surface area contributed by atoms with Crippen molar-refractivity contribution < 1.29 is 4.74 Å². The molecule has 140 valence electrons. The van der Waals surface area contributed by atoms with Crippen LogP contribution in [-0.4, -0.2) is 43.0 Å². The molecule has 3 rings (SSSR count). The molecule has 0 spiro atoms. The minimum Gasteiger partial charge on any atom is -0.385 e. The highest BCUT2D eigenvalue weighted by atomic mass is 16.5. The molecule has 1 saturated carbocycles. The van der Waals surface area contributed by atoms with Gasteiger partial charge in [-0.25, -0.2) is 4.68 Å². The Balaban J connectivity index is 1.57. The Labute approximate surface area is 155 Å². The molecule has 0 aliphatic heterocycles. The van der Waals surface area contributed by atoms with E-state index < -0.39 is 0 Å². The maximum Gasteiger partial charge on any atom is 0.191 e. The van der Waals surface area contributed by atoms with E-state index in [0.717, 1.165) is 31.2 Å². The van der Waals surface area contributed by atoms with Crippen molar-refractivity contribution in [1.82, 2.24) is 20.4 Å². The van der Waals surface area contributed by atoms with Crippen molar-refractivity contribution in [2.24, 2.45) is 10.4 Å². The van der Waals surface area contributed by atoms with Gasteiger partial charge in [-0.2, -0.15) is 5.10 Å². The van der Waals surface area contributed by atoms with Crippen molar-refractivity contribution in [3.05, 3.63) is 48.3 Å². The molecule has 1 aliphatic carbocycles. The summed E-state index contributed by atoms with van der Waals surface area (Å²) in [7, 11) is 3.59. The minimum atomic E-state index is 0.362. The van der Waals surface area contributed by atoms with Crippen LogP contribution in [0.2, 0.25) is 0 Å². The van der Waals surface area contributed by atoms with Crippen LogP contribution in [0.3, 0.4) is 0 Å². The molecule has 1 fully saturated rings. The summed E-state index contributed by atoms with van der Waals surface area (Å²) in [6.07, 6.45) is 8.71. The fraction of sp³-hybridized carbons (Fsp3) is 0.500. The van der Waals surface area contributed by atoms with Crippen LogP contribution < -0.4 is 10.6 Å². The Morgan fingerprint density at radius 3 is 2.77 bits per heavy atom. The molecule has 6 nitrogen and oxygen atoms in total. The van der Waals surface area contributed by atoms with E-state index in [-0.39, 0.29) is 0 Å². The predicted molar refractivity (Wildman–Crippen MR) is 105 cm³/mol. The summed E-state index contributed by atoms with van der Waals surface area (Å²) in [6.45, 7) is 2.46. The minimum absolute atomic E-state index is 0.362. The number of aliphatic imine (C=N–C) groups is 1. The molecule has 6 heteroatoms. The van der Waals surface area contributed by atoms with Crippen molar-refractivity contribution >= 4 is 5.96 Å². The molecule has 2 N–H and O–H groups in total. The van der Waals surface area contributed by atoms with Gasteiger partial charge >= 0.3 is 0 Å². The van der Waals surface area contributed by atoms with Gasteiger partial charge in [0, 0.05) is 46.2 Å². The molecule has 0 bridgehead atoms. The van der Waals surface area contributed by atoms with Gasteiger partial charge in [0.15, 0.2) is 5.96 Å². The number of guanidine groups is 1. The summed E-state index contributed by atoms with van der Waals surface area (Å²) < 4.78 is 7.17. The van der Waals surface area contributed by atoms with Gasteiger partial charge in [0.25, 0.3) is 0 Å². The lowest BCUT2D eigenvalue weighted by Gasteiger charge is -2.42. The highest BCUT2D eigenvalue weighted by Crippen LogP contribution is 2.43. The van der Waals surface area contributed by atoms with Gasteiger partial charge in [-0.05, 0) is 42.4 Å². The largest absolute Gasteiger partial charge is 0.385 e. The first-order chi connectivity index (χ1) is 12.8. The van der Waals surface area contributed by atoms with Crippen LogP contribution in [0.25, 0.3) is 5.69 Å². The quantitative estimate of drug-likeness (QED) is 0.565. The van der Waals surface area contributed by atoms with Crippen molar-refractivity contribution in [2.45, 2.75) is 32.2 Å². The zero-order valence-electron chi connectivity index (χ0n) is 15.7. The summed E-state index contributed by atoms with van der Waals surface area (Å²) in [5.41, 5.74) is 2.62. The Kier molecular flexibility index (Phi) is 6.28. The molecule has 1 aromatic heterocycles. The summed E-state index contributed by atoms with van der Waals surface area (Å²) in [5, 5.41) is 11.3. The first kappa shape index (κ1) is 18.5. The maximum absolute atomic E-state index is 5.28. The normalized spacial score (nSPS) is 16.2. The monoisotopic (exact) mass is 355 g/mol. The summed E-state index contributed by atoms with van der Waals surface area (Å²) in [5.74, 6) is 0.837. The first-order valence-corrected chi connectivity index (χ1v) is 9.28. The Morgan fingerprint density at radius 1 is 1.27 bits per heavy atom. The van der Waals surface area contributed by atoms with Crippen LogP contribution in [0.5, 0.6) is 0 Å². The number of aromatic nitrogens is 2. The fourth-order valence-electron chi connectivity index (χ4n) is 3.48. The number of methoxy groups -OCH3 is 1. The molecule has 0 amide bonds. The number of hydrogen-bond donors (Lipinski definition) is 2. The van der Waals surface area contributed by atoms with Gasteiger partial charge in [-0.3, -0.25) is 4.99 Å². The topological polar surface area (TPSA) is 63.5 Å². The van der Waals surface area contributed by atoms with E-state index in [1.807, 2.05) is 36.1 Å². The van der Waals surface area contributed by atoms with Crippen LogP contribution in [0, 0.1) is 5.41 Å². The molecule has 1 aliphatic rings. The van der Waals surface area contributed by atoms with E-state index in [9.17, 15) is 0 Å². The molecule has 1 aromatic carbocycles. The molecule has 0 atom stereocenters. The smallest absolute Gasteiger partial charge is 0.191 e. The lowest BCUT2D eigenvalue weighted by molar-refractivity contribution is 0.0732. The standard InChI is InChI=1S/C20H29N5O/c1-21-19(23-16-20(9-5-10-20)11-14-26-2)22-15-17-7-3-4-8-18(17)25-13-6-12-24-25/h3-4,6-8,12-13H,5,9-11,14-16H2,1-2H3,(H2,21,22,23). The van der Waals surface area contributed by atoms with Crippen LogP contribution in [-0.2, 0) is 11.3 Å². The van der Waals surface area contributed by atoms with E-state index >= 15 is 0 Å². The molecule has 0 saturated heterocycles. The Hall–Kier alpha value is -2.34. The molecule has 2 aromatic rings. The molecule has 0 unspecified atom stereocenters. The fourth-order valence-corrected chi connectivity index (χ4v) is 3.48. The van der Waals surface area contributed by atoms with Crippen molar-refractivity contribution in [1.29, 1.82) is 0 Å². The summed E-state index contributed by atoms with van der Waals surface area (Å²) in [4.78, 5) is 4.38. The van der Waals surface area contributed by atoms with Gasteiger partial charge in [0.2, 0.25) is 0 Å². The second kappa shape index (κ2) is 8.85. The zero-order chi connectivity index (χ0) is 18.2. The van der Waals surface area contributed by atoms with Gasteiger partial charge in [-0.15, -0.1) is 0 Å². The number of hydrogen-bond acceptors (Lipinski definition) is 3. The summed E-state index contributed by atoms with van der Waals surface area (Å²) in [6, 6.07) is 10.2. The predicted octanol–water partition coefficient (Wildman–Crippen LogP) is 2.74. The lowest BCUT2D eigenvalue weighted by atomic mass is 9.67. The van der Waals surface area contributed by atoms with Crippen LogP contribution in [0.1, 0.15) is 31.2 Å². The number of rotatable bonds is 8. The van der Waals surface area contributed by atoms with E-state index in [2.05, 4.69) is 32.9 Å². The highest BCUT2D eigenvalue weighted by Gasteiger charge is 2.36. The maximum atomic E-state index is 5.28. The third-order valence-electron chi connectivity index (χ3n) is 5.29. The molecule has 26 heavy (non-hydrogen) atoms. The second-order valence-electron chi connectivity index (χ2n) is 6.96. The number of nitrogens with one attached hydrogen (secondary N) is 2. The van der Waals surface area contributed by atoms with Crippen LogP contribution in [0.4, 0.5) is 0 Å². The van der Waals surface area contributed by atoms with Gasteiger partial charge in [-0.1, -0.05) is 24.6 Å². The van der Waals surface area contributed by atoms with Crippen molar-refractivity contribution in [2.75, 3.05) is 27.3 Å². The average Bonchev–Trinajstić information content (AvgIpc) is 3.17. The van der Waals surface area contributed by atoms with E-state index in [0.29, 0.717) is 12.0 Å². The second-order valence-corrected chi connectivity index (χ2v) is 6.96. The number of benzene rings is 1. The third kappa shape index (κ3) is 4.43. The lowest BCUT2D eigenvalue weighted by Crippen LogP contribution is -2.46. The van der Waals surface area contributed by atoms with E-state index in [1.54, 1.807) is 13.3 Å². The van der Waals surface area contributed by atoms with E-state index in [1.165, 1.54) is 24.8 Å². The van der Waals surface area contributed by atoms with Gasteiger partial charge in [0.1, 0.15) is 0 Å². The number of ether oxygens (including phenoxy) is 1. The SMILES string of the molecule is CN=C(NCc1ccccc1-n1cccn1)NCC1(CCOC)CCC1. The van der Waals surface area contributed by atoms with Gasteiger partial charge in [0.05, 0.1) is 5.69 Å². The average molecular weight is 355 g/mol. The van der Waals surface area contributed by atoms with Crippen molar-refractivity contribution in [3.8, 4) is 5.69 Å². The number of para-hydroxylation sites is 1. The zero-order valence-corrected chi connectivity index (χ0v) is 15.7. The van der Waals surface area contributed by atoms with Crippen LogP contribution >= 0.6 is 0 Å². The molecular formula is C20H29N5O. The third-order valence-corrected chi connectivity index (χ3v) is 5.29.